The third-order valence-corrected chi connectivity index (χ3v) is 16.3. The Hall–Kier alpha value is -5.78. The molecular formula is C55H80N6O23. The Kier molecular flexibility index (Phi) is 24.9. The summed E-state index contributed by atoms with van der Waals surface area (Å²) in [5.74, 6) is -8.56. The molecular weight excluding hydrogens is 1110 g/mol. The van der Waals surface area contributed by atoms with Crippen molar-refractivity contribution >= 4 is 35.8 Å². The molecule has 6 rings (SSSR count). The van der Waals surface area contributed by atoms with Gasteiger partial charge in [-0.1, -0.05) is 89.0 Å². The van der Waals surface area contributed by atoms with Crippen molar-refractivity contribution in [2.24, 2.45) is 51.7 Å². The number of azide groups is 2. The molecule has 0 aromatic heterocycles. The fourth-order valence-corrected chi connectivity index (χ4v) is 11.3. The Morgan fingerprint density at radius 3 is 1.36 bits per heavy atom. The minimum absolute atomic E-state index is 0.0151. The summed E-state index contributed by atoms with van der Waals surface area (Å²) in [6.07, 6.45) is -20.0. The lowest BCUT2D eigenvalue weighted by atomic mass is 9.82. The minimum atomic E-state index is -1.64. The highest BCUT2D eigenvalue weighted by atomic mass is 16.8. The summed E-state index contributed by atoms with van der Waals surface area (Å²) in [5.41, 5.74) is 20.6. The van der Waals surface area contributed by atoms with Gasteiger partial charge in [0.15, 0.2) is 49.8 Å². The van der Waals surface area contributed by atoms with Crippen molar-refractivity contribution in [3.63, 3.8) is 0 Å². The normalized spacial score (nSPS) is 38.5. The van der Waals surface area contributed by atoms with Crippen molar-refractivity contribution in [2.75, 3.05) is 41.2 Å². The van der Waals surface area contributed by atoms with Crippen molar-refractivity contribution < 1.29 is 109 Å². The first-order chi connectivity index (χ1) is 40.0. The van der Waals surface area contributed by atoms with Crippen molar-refractivity contribution in [3.05, 3.63) is 56.8 Å². The maximum Gasteiger partial charge on any atom is 0.337 e. The Morgan fingerprint density at radius 1 is 0.464 bits per heavy atom. The van der Waals surface area contributed by atoms with Gasteiger partial charge in [-0.2, -0.15) is 0 Å². The standard InChI is InChI=1S/C55H80N6O23/c1-24-25(2)39(58-60-56)52(76-36(24)21-71-31(8)62)81-43-29(6)45(74-20-35-18-16-15-17-19-35)54(83-47(43)49(66)68-12)80-42-28(5)40(59-61-57)53(78-38(42)23-73-33(10)64)82-44-30(7)46(75-34(11)65)55(84-48(44)50(67)69-13)79-41-26(3)27(4)51(70-14)77-37(41)22-72-32(9)63/h15-19,24-30,36-48,51-55H,20-23H2,1-14H3/t24-,25-,26+,27?,28+,29-,30-,36?,37?,38?,39?,40?,41-,42-,43-,44-,45?,46?,47?,48?,51-,52+,53+,54+,55+/m0/s1. The maximum atomic E-state index is 14.0. The number of hydrogen-bond donors (Lipinski definition) is 0. The highest BCUT2D eigenvalue weighted by molar-refractivity contribution is 5.76. The summed E-state index contributed by atoms with van der Waals surface area (Å²) in [6, 6.07) is 6.85. The second-order valence-electron chi connectivity index (χ2n) is 21.8. The molecule has 5 aliphatic rings. The maximum absolute atomic E-state index is 14.0. The Balaban J connectivity index is 1.35. The Bertz CT molecular complexity index is 2490. The zero-order valence-electron chi connectivity index (χ0n) is 49.7. The molecule has 1 aromatic rings. The fraction of sp³-hybridized carbons (Fsp3) is 0.782. The molecule has 468 valence electrons. The summed E-state index contributed by atoms with van der Waals surface area (Å²) in [5, 5.41) is 8.13. The topological polar surface area (TPSA) is 357 Å². The van der Waals surface area contributed by atoms with Crippen LogP contribution in [0.3, 0.4) is 0 Å². The van der Waals surface area contributed by atoms with Gasteiger partial charge in [0.05, 0.1) is 51.2 Å². The molecule has 5 heterocycles. The van der Waals surface area contributed by atoms with Crippen LogP contribution in [0.1, 0.15) is 81.7 Å². The number of carbonyl (C=O) groups excluding carboxylic acids is 6. The molecule has 5 saturated heterocycles. The number of ether oxygens (including phenoxy) is 17. The van der Waals surface area contributed by atoms with Gasteiger partial charge in [0.25, 0.3) is 0 Å². The van der Waals surface area contributed by atoms with E-state index >= 15 is 0 Å². The lowest BCUT2D eigenvalue weighted by molar-refractivity contribution is -0.366. The van der Waals surface area contributed by atoms with E-state index in [0.29, 0.717) is 0 Å². The third kappa shape index (κ3) is 16.4. The molecule has 29 nitrogen and oxygen atoms in total. The van der Waals surface area contributed by atoms with Crippen molar-refractivity contribution in [2.45, 2.75) is 193 Å². The van der Waals surface area contributed by atoms with Gasteiger partial charge in [0, 0.05) is 62.4 Å². The van der Waals surface area contributed by atoms with E-state index in [4.69, 9.17) is 80.5 Å². The van der Waals surface area contributed by atoms with E-state index < -0.39 is 171 Å². The molecule has 5 aliphatic heterocycles. The molecule has 25 atom stereocenters. The van der Waals surface area contributed by atoms with Crippen molar-refractivity contribution in [1.82, 2.24) is 0 Å². The average molecular weight is 1190 g/mol. The van der Waals surface area contributed by atoms with Gasteiger partial charge in [-0.25, -0.2) is 9.59 Å². The molecule has 1 aromatic carbocycles. The lowest BCUT2D eigenvalue weighted by Gasteiger charge is -2.51. The molecule has 0 bridgehead atoms. The van der Waals surface area contributed by atoms with Crippen LogP contribution in [0.25, 0.3) is 20.9 Å². The summed E-state index contributed by atoms with van der Waals surface area (Å²) in [6.45, 7) is 16.3. The van der Waals surface area contributed by atoms with Crippen LogP contribution >= 0.6 is 0 Å². The molecule has 0 radical (unpaired) electrons. The van der Waals surface area contributed by atoms with Gasteiger partial charge in [-0.15, -0.1) is 0 Å². The van der Waals surface area contributed by atoms with E-state index in [0.717, 1.165) is 19.8 Å². The van der Waals surface area contributed by atoms with Crippen LogP contribution in [0.4, 0.5) is 0 Å². The number of esters is 6. The van der Waals surface area contributed by atoms with Crippen LogP contribution in [0.2, 0.25) is 0 Å². The summed E-state index contributed by atoms with van der Waals surface area (Å²) in [4.78, 5) is 83.5. The molecule has 29 heteroatoms. The van der Waals surface area contributed by atoms with Crippen molar-refractivity contribution in [3.8, 4) is 0 Å². The van der Waals surface area contributed by atoms with E-state index in [2.05, 4.69) is 20.1 Å². The lowest BCUT2D eigenvalue weighted by Crippen LogP contribution is -2.65. The molecule has 0 N–H and O–H groups in total. The Morgan fingerprint density at radius 2 is 0.893 bits per heavy atom. The summed E-state index contributed by atoms with van der Waals surface area (Å²) < 4.78 is 104. The summed E-state index contributed by atoms with van der Waals surface area (Å²) in [7, 11) is 3.74. The van der Waals surface area contributed by atoms with Crippen LogP contribution in [-0.2, 0) is 116 Å². The van der Waals surface area contributed by atoms with Crippen LogP contribution in [0, 0.1) is 41.4 Å². The summed E-state index contributed by atoms with van der Waals surface area (Å²) >= 11 is 0. The predicted octanol–water partition coefficient (Wildman–Crippen LogP) is 5.16. The fourth-order valence-electron chi connectivity index (χ4n) is 11.3. The zero-order valence-corrected chi connectivity index (χ0v) is 49.7. The number of carbonyl (C=O) groups is 6. The molecule has 0 amide bonds. The highest BCUT2D eigenvalue weighted by Gasteiger charge is 2.58. The van der Waals surface area contributed by atoms with Crippen LogP contribution < -0.4 is 0 Å². The van der Waals surface area contributed by atoms with Crippen LogP contribution in [0.5, 0.6) is 0 Å². The second-order valence-corrected chi connectivity index (χ2v) is 21.8. The number of rotatable bonds is 23. The first-order valence-electron chi connectivity index (χ1n) is 27.9. The Labute approximate surface area is 486 Å². The predicted molar refractivity (Wildman–Crippen MR) is 284 cm³/mol. The quantitative estimate of drug-likeness (QED) is 0.0449. The second kappa shape index (κ2) is 31.0. The van der Waals surface area contributed by atoms with Gasteiger partial charge in [0.1, 0.15) is 50.3 Å². The highest BCUT2D eigenvalue weighted by Crippen LogP contribution is 2.43. The van der Waals surface area contributed by atoms with Crippen LogP contribution in [-0.4, -0.2) is 188 Å². The smallest absolute Gasteiger partial charge is 0.337 e. The monoisotopic (exact) mass is 1190 g/mol. The van der Waals surface area contributed by atoms with Crippen molar-refractivity contribution in [1.29, 1.82) is 0 Å². The van der Waals surface area contributed by atoms with E-state index in [1.165, 1.54) is 34.8 Å². The first-order valence-corrected chi connectivity index (χ1v) is 27.9. The van der Waals surface area contributed by atoms with Crippen LogP contribution in [0.15, 0.2) is 40.6 Å². The molecule has 0 saturated carbocycles. The van der Waals surface area contributed by atoms with Gasteiger partial charge in [-0.3, -0.25) is 19.2 Å². The van der Waals surface area contributed by atoms with E-state index in [9.17, 15) is 39.8 Å². The van der Waals surface area contributed by atoms with Gasteiger partial charge in [0.2, 0.25) is 0 Å². The molecule has 5 fully saturated rings. The largest absolute Gasteiger partial charge is 0.467 e. The van der Waals surface area contributed by atoms with Gasteiger partial charge in [-0.05, 0) is 40.3 Å². The van der Waals surface area contributed by atoms with Gasteiger partial charge >= 0.3 is 35.8 Å². The molecule has 84 heavy (non-hydrogen) atoms. The first kappa shape index (κ1) is 67.3. The molecule has 0 spiro atoms. The number of methoxy groups -OCH3 is 3. The average Bonchev–Trinajstić information content (AvgIpc) is 1.58. The number of nitrogens with zero attached hydrogens (tertiary/aromatic N) is 6. The third-order valence-electron chi connectivity index (χ3n) is 16.3. The zero-order chi connectivity index (χ0) is 61.7. The molecule has 0 aliphatic carbocycles. The molecule has 10 unspecified atom stereocenters. The van der Waals surface area contributed by atoms with E-state index in [1.807, 2.05) is 58.0 Å². The number of hydrogen-bond acceptors (Lipinski definition) is 25. The van der Waals surface area contributed by atoms with E-state index in [1.54, 1.807) is 20.8 Å². The van der Waals surface area contributed by atoms with E-state index in [-0.39, 0.29) is 43.5 Å². The number of benzene rings is 1. The van der Waals surface area contributed by atoms with Gasteiger partial charge < -0.3 is 80.5 Å². The minimum Gasteiger partial charge on any atom is -0.467 e. The SMILES string of the molecule is COC(=O)C1O[C@@H](O[C@@H]2C(COC(C)=O)O[C@H](O[C@@H]3C(C(=O)OC)O[C@@H](O[C@@H]4C(COC(C)=O)O[C@H](OC)C(C)[C@H]4C)C(OC(C)=O)[C@H]3C)C(N=[N+]=[N-])[C@H]2C)C(OCc2ccccc2)[C@@H](C)[C@@H]1O[C@H]1OC(COC(C)=O)[C@@H](C)[C@H](C)C1N=[N+]=[N-].